The van der Waals surface area contributed by atoms with Crippen LogP contribution in [0, 0.1) is 0 Å². The first-order valence-corrected chi connectivity index (χ1v) is 7.64. The molecule has 2 N–H and O–H groups in total. The second kappa shape index (κ2) is 5.74. The topological polar surface area (TPSA) is 44.9 Å². The predicted molar refractivity (Wildman–Crippen MR) is 89.8 cm³/mol. The van der Waals surface area contributed by atoms with Crippen molar-refractivity contribution in [1.29, 1.82) is 0 Å². The average molecular weight is 343 g/mol. The zero-order valence-electron chi connectivity index (χ0n) is 11.6. The van der Waals surface area contributed by atoms with Crippen LogP contribution < -0.4 is 5.32 Å². The molecule has 0 atom stereocenters. The molecule has 0 bridgehead atoms. The fraction of sp³-hybridized carbons (Fsp3) is 0.118. The van der Waals surface area contributed by atoms with Gasteiger partial charge in [-0.25, -0.2) is 0 Å². The zero-order valence-corrected chi connectivity index (χ0v) is 13.2. The Balaban J connectivity index is 1.89. The monoisotopic (exact) mass is 342 g/mol. The van der Waals surface area contributed by atoms with Gasteiger partial charge in [0.15, 0.2) is 0 Å². The van der Waals surface area contributed by atoms with Gasteiger partial charge in [0.2, 0.25) is 0 Å². The highest BCUT2D eigenvalue weighted by atomic mass is 79.9. The first-order chi connectivity index (χ1) is 10.2. The lowest BCUT2D eigenvalue weighted by molar-refractivity contribution is 0.102. The third kappa shape index (κ3) is 2.85. The van der Waals surface area contributed by atoms with Crippen molar-refractivity contribution in [3.63, 3.8) is 0 Å². The van der Waals surface area contributed by atoms with Gasteiger partial charge in [-0.05, 0) is 42.3 Å². The summed E-state index contributed by atoms with van der Waals surface area (Å²) in [5.41, 5.74) is 3.49. The molecule has 1 aromatic heterocycles. The van der Waals surface area contributed by atoms with Gasteiger partial charge in [0.25, 0.3) is 5.91 Å². The first kappa shape index (κ1) is 13.9. The van der Waals surface area contributed by atoms with E-state index >= 15 is 0 Å². The molecule has 1 amide bonds. The SMILES string of the molecule is CCc1cc(Br)ccc1NC(=O)c1cc2ccccc2[nH]1. The summed E-state index contributed by atoms with van der Waals surface area (Å²) in [5.74, 6) is -0.122. The highest BCUT2D eigenvalue weighted by Gasteiger charge is 2.11. The normalized spacial score (nSPS) is 10.8. The van der Waals surface area contributed by atoms with E-state index in [2.05, 4.69) is 33.2 Å². The van der Waals surface area contributed by atoms with E-state index in [4.69, 9.17) is 0 Å². The molecule has 3 aromatic rings. The molecule has 0 unspecified atom stereocenters. The average Bonchev–Trinajstić information content (AvgIpc) is 2.93. The number of nitrogens with one attached hydrogen (secondary N) is 2. The van der Waals surface area contributed by atoms with Crippen molar-refractivity contribution in [1.82, 2.24) is 4.98 Å². The van der Waals surface area contributed by atoms with Crippen molar-refractivity contribution in [2.45, 2.75) is 13.3 Å². The number of anilines is 1. The summed E-state index contributed by atoms with van der Waals surface area (Å²) in [4.78, 5) is 15.5. The van der Waals surface area contributed by atoms with Gasteiger partial charge < -0.3 is 10.3 Å². The van der Waals surface area contributed by atoms with Crippen LogP contribution in [0.15, 0.2) is 53.0 Å². The standard InChI is InChI=1S/C17H15BrN2O/c1-2-11-9-13(18)7-8-15(11)20-17(21)16-10-12-5-3-4-6-14(12)19-16/h3-10,19H,2H2,1H3,(H,20,21). The Hall–Kier alpha value is -2.07. The van der Waals surface area contributed by atoms with Crippen molar-refractivity contribution in [3.8, 4) is 0 Å². The molecule has 0 saturated heterocycles. The lowest BCUT2D eigenvalue weighted by Gasteiger charge is -2.09. The van der Waals surface area contributed by atoms with Crippen LogP contribution in [-0.4, -0.2) is 10.9 Å². The fourth-order valence-electron chi connectivity index (χ4n) is 2.36. The van der Waals surface area contributed by atoms with Crippen molar-refractivity contribution in [3.05, 3.63) is 64.3 Å². The molecule has 1 heterocycles. The van der Waals surface area contributed by atoms with Crippen LogP contribution in [0.3, 0.4) is 0 Å². The smallest absolute Gasteiger partial charge is 0.272 e. The summed E-state index contributed by atoms with van der Waals surface area (Å²) in [6.07, 6.45) is 0.863. The summed E-state index contributed by atoms with van der Waals surface area (Å²) in [5, 5.41) is 4.01. The molecular formula is C17H15BrN2O. The number of aromatic amines is 1. The number of H-pyrrole nitrogens is 1. The molecule has 0 spiro atoms. The highest BCUT2D eigenvalue weighted by molar-refractivity contribution is 9.10. The Morgan fingerprint density at radius 3 is 2.76 bits per heavy atom. The number of fused-ring (bicyclic) bond motifs is 1. The van der Waals surface area contributed by atoms with E-state index in [9.17, 15) is 4.79 Å². The van der Waals surface area contributed by atoms with Gasteiger partial charge in [-0.2, -0.15) is 0 Å². The molecule has 106 valence electrons. The van der Waals surface area contributed by atoms with Crippen molar-refractivity contribution in [2.24, 2.45) is 0 Å². The maximum atomic E-state index is 12.4. The maximum absolute atomic E-state index is 12.4. The fourth-order valence-corrected chi connectivity index (χ4v) is 2.77. The molecule has 0 fully saturated rings. The van der Waals surface area contributed by atoms with Gasteiger partial charge in [-0.15, -0.1) is 0 Å². The number of amides is 1. The number of aryl methyl sites for hydroxylation is 1. The highest BCUT2D eigenvalue weighted by Crippen LogP contribution is 2.23. The second-order valence-corrected chi connectivity index (χ2v) is 5.80. The minimum atomic E-state index is -0.122. The number of aromatic nitrogens is 1. The summed E-state index contributed by atoms with van der Waals surface area (Å²) < 4.78 is 1.02. The maximum Gasteiger partial charge on any atom is 0.272 e. The lowest BCUT2D eigenvalue weighted by atomic mass is 10.1. The van der Waals surface area contributed by atoms with E-state index in [1.54, 1.807) is 0 Å². The van der Waals surface area contributed by atoms with E-state index in [0.717, 1.165) is 33.0 Å². The van der Waals surface area contributed by atoms with E-state index in [-0.39, 0.29) is 5.91 Å². The Labute approximate surface area is 131 Å². The lowest BCUT2D eigenvalue weighted by Crippen LogP contribution is -2.13. The summed E-state index contributed by atoms with van der Waals surface area (Å²) >= 11 is 3.45. The minimum absolute atomic E-state index is 0.122. The third-order valence-corrected chi connectivity index (χ3v) is 3.96. The van der Waals surface area contributed by atoms with Gasteiger partial charge in [-0.1, -0.05) is 41.1 Å². The van der Waals surface area contributed by atoms with Gasteiger partial charge in [0.1, 0.15) is 5.69 Å². The van der Waals surface area contributed by atoms with Gasteiger partial charge in [0, 0.05) is 21.1 Å². The van der Waals surface area contributed by atoms with Crippen LogP contribution >= 0.6 is 15.9 Å². The molecule has 21 heavy (non-hydrogen) atoms. The summed E-state index contributed by atoms with van der Waals surface area (Å²) in [6.45, 7) is 2.07. The largest absolute Gasteiger partial charge is 0.351 e. The van der Waals surface area contributed by atoms with Gasteiger partial charge in [-0.3, -0.25) is 4.79 Å². The molecule has 0 aliphatic carbocycles. The van der Waals surface area contributed by atoms with Gasteiger partial charge in [0.05, 0.1) is 0 Å². The molecule has 0 radical (unpaired) electrons. The third-order valence-electron chi connectivity index (χ3n) is 3.47. The van der Waals surface area contributed by atoms with Crippen LogP contribution in [0.25, 0.3) is 10.9 Å². The van der Waals surface area contributed by atoms with E-state index in [1.165, 1.54) is 0 Å². The van der Waals surface area contributed by atoms with Crippen molar-refractivity contribution < 1.29 is 4.79 Å². The van der Waals surface area contributed by atoms with Crippen LogP contribution in [0.1, 0.15) is 23.0 Å². The number of benzene rings is 2. The van der Waals surface area contributed by atoms with Crippen molar-refractivity contribution in [2.75, 3.05) is 5.32 Å². The number of hydrogen-bond donors (Lipinski definition) is 2. The first-order valence-electron chi connectivity index (χ1n) is 6.85. The summed E-state index contributed by atoms with van der Waals surface area (Å²) in [7, 11) is 0. The quantitative estimate of drug-likeness (QED) is 0.709. The Morgan fingerprint density at radius 2 is 2.00 bits per heavy atom. The van der Waals surface area contributed by atoms with E-state index in [1.807, 2.05) is 48.5 Å². The predicted octanol–water partition coefficient (Wildman–Crippen LogP) is 4.75. The minimum Gasteiger partial charge on any atom is -0.351 e. The molecule has 0 saturated carbocycles. The Kier molecular flexibility index (Phi) is 3.80. The molecular weight excluding hydrogens is 328 g/mol. The van der Waals surface area contributed by atoms with Gasteiger partial charge >= 0.3 is 0 Å². The number of para-hydroxylation sites is 1. The number of rotatable bonds is 3. The number of carbonyl (C=O) groups is 1. The second-order valence-electron chi connectivity index (χ2n) is 4.88. The Morgan fingerprint density at radius 1 is 1.19 bits per heavy atom. The van der Waals surface area contributed by atoms with Crippen LogP contribution in [-0.2, 0) is 6.42 Å². The number of carbonyl (C=O) groups excluding carboxylic acids is 1. The molecule has 0 aliphatic rings. The zero-order chi connectivity index (χ0) is 14.8. The molecule has 3 rings (SSSR count). The Bertz CT molecular complexity index is 774. The van der Waals surface area contributed by atoms with E-state index in [0.29, 0.717) is 5.69 Å². The van der Waals surface area contributed by atoms with Crippen LogP contribution in [0.2, 0.25) is 0 Å². The molecule has 3 nitrogen and oxygen atoms in total. The number of hydrogen-bond acceptors (Lipinski definition) is 1. The number of halogens is 1. The van der Waals surface area contributed by atoms with E-state index < -0.39 is 0 Å². The molecule has 0 aliphatic heterocycles. The van der Waals surface area contributed by atoms with Crippen LogP contribution in [0.4, 0.5) is 5.69 Å². The molecule has 4 heteroatoms. The van der Waals surface area contributed by atoms with Crippen molar-refractivity contribution >= 4 is 38.4 Å². The summed E-state index contributed by atoms with van der Waals surface area (Å²) in [6, 6.07) is 15.6. The molecule has 2 aromatic carbocycles. The van der Waals surface area contributed by atoms with Crippen LogP contribution in [0.5, 0.6) is 0 Å².